The number of carbonyl (C=O) groups excluding carboxylic acids is 2. The molecule has 1 atom stereocenters. The average Bonchev–Trinajstić information content (AvgIpc) is 3.21. The molecule has 5 nitrogen and oxygen atoms in total. The van der Waals surface area contributed by atoms with Crippen LogP contribution >= 0.6 is 0 Å². The van der Waals surface area contributed by atoms with Gasteiger partial charge in [-0.05, 0) is 23.3 Å². The van der Waals surface area contributed by atoms with Crippen LogP contribution in [0.15, 0.2) is 79.0 Å². The maximum atomic E-state index is 13.2. The molecule has 0 bridgehead atoms. The van der Waals surface area contributed by atoms with Crippen molar-refractivity contribution in [1.29, 1.82) is 0 Å². The fraction of sp³-hybridized carbons (Fsp3) is 0.0833. The van der Waals surface area contributed by atoms with Crippen LogP contribution in [0.5, 0.6) is 0 Å². The van der Waals surface area contributed by atoms with E-state index in [1.807, 2.05) is 72.9 Å². The standard InChI is InChI=1S/C24H19N3O2/c1-25-23(28)24(29)27-21-13-7-5-10-17(21)15-8-2-3-11-18(15)22(27)19-14-26-20-12-6-4-9-16(19)20/h2-14,22,26H,1H3,(H,25,28). The Morgan fingerprint density at radius 3 is 2.38 bits per heavy atom. The monoisotopic (exact) mass is 381 g/mol. The van der Waals surface area contributed by atoms with Gasteiger partial charge >= 0.3 is 11.8 Å². The molecule has 3 aromatic carbocycles. The second-order valence-electron chi connectivity index (χ2n) is 7.05. The summed E-state index contributed by atoms with van der Waals surface area (Å²) in [5.74, 6) is -1.21. The summed E-state index contributed by atoms with van der Waals surface area (Å²) in [5.41, 5.74) is 5.69. The summed E-state index contributed by atoms with van der Waals surface area (Å²) >= 11 is 0. The van der Waals surface area contributed by atoms with Crippen LogP contribution in [0.2, 0.25) is 0 Å². The quantitative estimate of drug-likeness (QED) is 0.489. The number of likely N-dealkylation sites (N-methyl/N-ethyl adjacent to an activating group) is 1. The third kappa shape index (κ3) is 2.55. The van der Waals surface area contributed by atoms with Gasteiger partial charge in [0.15, 0.2) is 0 Å². The number of rotatable bonds is 1. The number of hydrogen-bond acceptors (Lipinski definition) is 2. The van der Waals surface area contributed by atoms with Crippen LogP contribution in [0.4, 0.5) is 5.69 Å². The summed E-state index contributed by atoms with van der Waals surface area (Å²) in [6, 6.07) is 23.4. The molecule has 0 saturated carbocycles. The van der Waals surface area contributed by atoms with Crippen LogP contribution in [0.1, 0.15) is 17.2 Å². The summed E-state index contributed by atoms with van der Waals surface area (Å²) in [5, 5.41) is 3.51. The number of hydrogen-bond donors (Lipinski definition) is 2. The highest BCUT2D eigenvalue weighted by molar-refractivity contribution is 6.41. The molecule has 1 aliphatic rings. The summed E-state index contributed by atoms with van der Waals surface area (Å²) in [6.07, 6.45) is 1.93. The lowest BCUT2D eigenvalue weighted by Gasteiger charge is -2.38. The molecule has 2 N–H and O–H groups in total. The Kier molecular flexibility index (Phi) is 3.95. The van der Waals surface area contributed by atoms with E-state index in [0.717, 1.165) is 38.8 Å². The summed E-state index contributed by atoms with van der Waals surface area (Å²) in [7, 11) is 1.48. The topological polar surface area (TPSA) is 65.2 Å². The summed E-state index contributed by atoms with van der Waals surface area (Å²) < 4.78 is 0. The Hall–Kier alpha value is -3.86. The Labute approximate surface area is 168 Å². The molecule has 142 valence electrons. The molecule has 5 heteroatoms. The lowest BCUT2D eigenvalue weighted by molar-refractivity contribution is -0.137. The van der Waals surface area contributed by atoms with E-state index < -0.39 is 17.9 Å². The summed E-state index contributed by atoms with van der Waals surface area (Å²) in [6.45, 7) is 0. The molecule has 0 spiro atoms. The van der Waals surface area contributed by atoms with Gasteiger partial charge in [0.1, 0.15) is 0 Å². The van der Waals surface area contributed by atoms with E-state index in [1.54, 1.807) is 4.90 Å². The predicted molar refractivity (Wildman–Crippen MR) is 114 cm³/mol. The lowest BCUT2D eigenvalue weighted by Crippen LogP contribution is -2.45. The molecule has 2 heterocycles. The molecule has 5 rings (SSSR count). The van der Waals surface area contributed by atoms with Gasteiger partial charge in [-0.25, -0.2) is 0 Å². The minimum absolute atomic E-state index is 0.415. The lowest BCUT2D eigenvalue weighted by atomic mass is 9.84. The third-order valence-electron chi connectivity index (χ3n) is 5.52. The number of H-pyrrole nitrogens is 1. The Morgan fingerprint density at radius 2 is 1.55 bits per heavy atom. The molecule has 4 aromatic rings. The van der Waals surface area contributed by atoms with Crippen molar-refractivity contribution in [3.05, 3.63) is 90.1 Å². The zero-order valence-corrected chi connectivity index (χ0v) is 15.8. The van der Waals surface area contributed by atoms with Crippen molar-refractivity contribution in [3.8, 4) is 11.1 Å². The maximum absolute atomic E-state index is 13.2. The summed E-state index contributed by atoms with van der Waals surface area (Å²) in [4.78, 5) is 30.6. The second kappa shape index (κ2) is 6.63. The number of carbonyl (C=O) groups is 2. The van der Waals surface area contributed by atoms with Crippen LogP contribution in [-0.2, 0) is 9.59 Å². The van der Waals surface area contributed by atoms with Gasteiger partial charge in [-0.15, -0.1) is 0 Å². The van der Waals surface area contributed by atoms with Crippen molar-refractivity contribution >= 4 is 28.4 Å². The zero-order chi connectivity index (χ0) is 20.0. The van der Waals surface area contributed by atoms with Gasteiger partial charge in [0.25, 0.3) is 0 Å². The van der Waals surface area contributed by atoms with Gasteiger partial charge in [0.05, 0.1) is 11.7 Å². The Bertz CT molecular complexity index is 1260. The van der Waals surface area contributed by atoms with Crippen molar-refractivity contribution in [2.75, 3.05) is 11.9 Å². The molecule has 1 aliphatic heterocycles. The smallest absolute Gasteiger partial charge is 0.317 e. The molecular formula is C24H19N3O2. The number of fused-ring (bicyclic) bond motifs is 4. The van der Waals surface area contributed by atoms with Gasteiger partial charge in [-0.3, -0.25) is 14.5 Å². The first-order valence-electron chi connectivity index (χ1n) is 9.50. The van der Waals surface area contributed by atoms with Crippen LogP contribution in [0, 0.1) is 0 Å². The largest absolute Gasteiger partial charge is 0.361 e. The molecule has 0 saturated heterocycles. The first kappa shape index (κ1) is 17.3. The first-order chi connectivity index (χ1) is 14.2. The number of aromatic nitrogens is 1. The number of nitrogens with zero attached hydrogens (tertiary/aromatic N) is 1. The fourth-order valence-corrected chi connectivity index (χ4v) is 4.24. The van der Waals surface area contributed by atoms with Gasteiger partial charge in [0, 0.05) is 35.3 Å². The number of amides is 2. The number of benzene rings is 3. The molecular weight excluding hydrogens is 362 g/mol. The van der Waals surface area contributed by atoms with Crippen molar-refractivity contribution in [3.63, 3.8) is 0 Å². The minimum Gasteiger partial charge on any atom is -0.361 e. The van der Waals surface area contributed by atoms with Crippen molar-refractivity contribution < 1.29 is 9.59 Å². The van der Waals surface area contributed by atoms with Gasteiger partial charge in [-0.2, -0.15) is 0 Å². The normalized spacial score (nSPS) is 14.9. The van der Waals surface area contributed by atoms with E-state index in [1.165, 1.54) is 7.05 Å². The van der Waals surface area contributed by atoms with Crippen molar-refractivity contribution in [2.24, 2.45) is 0 Å². The third-order valence-corrected chi connectivity index (χ3v) is 5.52. The fourth-order valence-electron chi connectivity index (χ4n) is 4.24. The van der Waals surface area contributed by atoms with Crippen LogP contribution in [-0.4, -0.2) is 23.8 Å². The van der Waals surface area contributed by atoms with Gasteiger partial charge in [0.2, 0.25) is 0 Å². The maximum Gasteiger partial charge on any atom is 0.317 e. The van der Waals surface area contributed by atoms with E-state index in [4.69, 9.17) is 0 Å². The van der Waals surface area contributed by atoms with E-state index in [2.05, 4.69) is 16.4 Å². The molecule has 1 aromatic heterocycles. The highest BCUT2D eigenvalue weighted by Crippen LogP contribution is 2.48. The average molecular weight is 381 g/mol. The number of anilines is 1. The number of aromatic amines is 1. The Balaban J connectivity index is 1.83. The molecule has 29 heavy (non-hydrogen) atoms. The van der Waals surface area contributed by atoms with E-state index >= 15 is 0 Å². The van der Waals surface area contributed by atoms with Crippen LogP contribution < -0.4 is 10.2 Å². The second-order valence-corrected chi connectivity index (χ2v) is 7.05. The minimum atomic E-state index is -0.635. The molecule has 0 aliphatic carbocycles. The highest BCUT2D eigenvalue weighted by Gasteiger charge is 2.38. The SMILES string of the molecule is CNC(=O)C(=O)N1c2ccccc2-c2ccccc2C1c1c[nH]c2ccccc12. The molecule has 0 radical (unpaired) electrons. The number of nitrogens with one attached hydrogen (secondary N) is 2. The molecule has 0 fully saturated rings. The van der Waals surface area contributed by atoms with Crippen LogP contribution in [0.3, 0.4) is 0 Å². The van der Waals surface area contributed by atoms with Crippen molar-refractivity contribution in [1.82, 2.24) is 10.3 Å². The first-order valence-corrected chi connectivity index (χ1v) is 9.50. The van der Waals surface area contributed by atoms with E-state index in [0.29, 0.717) is 0 Å². The molecule has 2 amide bonds. The molecule has 1 unspecified atom stereocenters. The highest BCUT2D eigenvalue weighted by atomic mass is 16.2. The Morgan fingerprint density at radius 1 is 0.862 bits per heavy atom. The zero-order valence-electron chi connectivity index (χ0n) is 15.8. The van der Waals surface area contributed by atoms with Crippen molar-refractivity contribution in [2.45, 2.75) is 6.04 Å². The van der Waals surface area contributed by atoms with E-state index in [9.17, 15) is 9.59 Å². The predicted octanol–water partition coefficient (Wildman–Crippen LogP) is 4.02. The van der Waals surface area contributed by atoms with Crippen LogP contribution in [0.25, 0.3) is 22.0 Å². The van der Waals surface area contributed by atoms with E-state index in [-0.39, 0.29) is 0 Å². The number of para-hydroxylation sites is 2. The van der Waals surface area contributed by atoms with Gasteiger partial charge in [-0.1, -0.05) is 60.7 Å². The van der Waals surface area contributed by atoms with Gasteiger partial charge < -0.3 is 10.3 Å².